The lowest BCUT2D eigenvalue weighted by Gasteiger charge is -2.27. The first kappa shape index (κ1) is 20.1. The normalized spacial score (nSPS) is 15.6. The van der Waals surface area contributed by atoms with Gasteiger partial charge in [0.2, 0.25) is 11.9 Å². The summed E-state index contributed by atoms with van der Waals surface area (Å²) in [4.78, 5) is 14.6. The number of morpholine rings is 1. The lowest BCUT2D eigenvalue weighted by atomic mass is 10.3. The van der Waals surface area contributed by atoms with Gasteiger partial charge >= 0.3 is 0 Å². The Bertz CT molecular complexity index is 813. The third kappa shape index (κ3) is 4.80. The zero-order chi connectivity index (χ0) is 19.4. The highest BCUT2D eigenvalue weighted by molar-refractivity contribution is 9.10. The molecule has 1 N–H and O–H groups in total. The molecule has 1 aliphatic rings. The first-order chi connectivity index (χ1) is 13.0. The molecule has 7 nitrogen and oxygen atoms in total. The molecule has 1 aromatic carbocycles. The van der Waals surface area contributed by atoms with E-state index >= 15 is 0 Å². The van der Waals surface area contributed by atoms with E-state index in [4.69, 9.17) is 4.74 Å². The van der Waals surface area contributed by atoms with E-state index in [0.717, 1.165) is 19.0 Å². The minimum Gasteiger partial charge on any atom is -0.378 e. The molecule has 1 aliphatic heterocycles. The summed E-state index contributed by atoms with van der Waals surface area (Å²) in [5.41, 5.74) is 0.154. The number of amides is 1. The number of rotatable bonds is 6. The number of anilines is 2. The predicted octanol–water partition coefficient (Wildman–Crippen LogP) is 3.16. The molecular formula is C17H21BrFN5O2S. The van der Waals surface area contributed by atoms with Gasteiger partial charge in [0.25, 0.3) is 0 Å². The first-order valence-electron chi connectivity index (χ1n) is 8.68. The van der Waals surface area contributed by atoms with E-state index in [2.05, 4.69) is 36.3 Å². The van der Waals surface area contributed by atoms with E-state index in [-0.39, 0.29) is 11.6 Å². The molecule has 27 heavy (non-hydrogen) atoms. The van der Waals surface area contributed by atoms with E-state index in [1.54, 1.807) is 13.0 Å². The Hall–Kier alpha value is -1.65. The summed E-state index contributed by atoms with van der Waals surface area (Å²) in [6.07, 6.45) is 0. The minimum atomic E-state index is -0.485. The smallest absolute Gasteiger partial charge is 0.237 e. The Morgan fingerprint density at radius 3 is 2.81 bits per heavy atom. The van der Waals surface area contributed by atoms with Crippen molar-refractivity contribution < 1.29 is 13.9 Å². The van der Waals surface area contributed by atoms with Gasteiger partial charge in [0, 0.05) is 24.1 Å². The summed E-state index contributed by atoms with van der Waals surface area (Å²) in [6, 6.07) is 4.52. The lowest BCUT2D eigenvalue weighted by Crippen LogP contribution is -2.38. The Morgan fingerprint density at radius 1 is 1.41 bits per heavy atom. The van der Waals surface area contributed by atoms with Crippen molar-refractivity contribution in [1.29, 1.82) is 0 Å². The first-order valence-corrected chi connectivity index (χ1v) is 10.3. The van der Waals surface area contributed by atoms with Crippen molar-refractivity contribution in [1.82, 2.24) is 14.8 Å². The molecular weight excluding hydrogens is 437 g/mol. The van der Waals surface area contributed by atoms with Crippen molar-refractivity contribution in [2.24, 2.45) is 0 Å². The van der Waals surface area contributed by atoms with Gasteiger partial charge in [-0.3, -0.25) is 9.36 Å². The van der Waals surface area contributed by atoms with Crippen LogP contribution in [-0.4, -0.2) is 52.2 Å². The number of hydrogen-bond acceptors (Lipinski definition) is 6. The molecule has 0 radical (unpaired) electrons. The van der Waals surface area contributed by atoms with E-state index in [1.165, 1.54) is 23.9 Å². The molecule has 0 bridgehead atoms. The number of thioether (sulfide) groups is 1. The fourth-order valence-corrected chi connectivity index (χ4v) is 3.92. The minimum absolute atomic E-state index is 0.154. The summed E-state index contributed by atoms with van der Waals surface area (Å²) in [6.45, 7) is 7.33. The summed E-state index contributed by atoms with van der Waals surface area (Å²) in [5, 5.41) is 11.4. The van der Waals surface area contributed by atoms with E-state index in [9.17, 15) is 9.18 Å². The fraction of sp³-hybridized carbons (Fsp3) is 0.471. The summed E-state index contributed by atoms with van der Waals surface area (Å²) < 4.78 is 21.9. The lowest BCUT2D eigenvalue weighted by molar-refractivity contribution is -0.115. The molecule has 1 amide bonds. The molecule has 3 rings (SSSR count). The average molecular weight is 458 g/mol. The summed E-state index contributed by atoms with van der Waals surface area (Å²) in [5.74, 6) is 0.0101. The second-order valence-electron chi connectivity index (χ2n) is 6.00. The van der Waals surface area contributed by atoms with Crippen LogP contribution in [0.2, 0.25) is 0 Å². The highest BCUT2D eigenvalue weighted by Crippen LogP contribution is 2.27. The molecule has 146 valence electrons. The Labute approximate surface area is 169 Å². The van der Waals surface area contributed by atoms with Crippen LogP contribution >= 0.6 is 27.7 Å². The van der Waals surface area contributed by atoms with Crippen molar-refractivity contribution >= 4 is 45.2 Å². The van der Waals surface area contributed by atoms with Gasteiger partial charge in [-0.15, -0.1) is 10.2 Å². The van der Waals surface area contributed by atoms with Crippen LogP contribution < -0.4 is 10.2 Å². The molecule has 2 heterocycles. The number of nitrogens with zero attached hydrogens (tertiary/aromatic N) is 4. The second kappa shape index (κ2) is 9.03. The Morgan fingerprint density at radius 2 is 2.15 bits per heavy atom. The summed E-state index contributed by atoms with van der Waals surface area (Å²) in [7, 11) is 0. The molecule has 0 spiro atoms. The van der Waals surface area contributed by atoms with E-state index in [0.29, 0.717) is 29.4 Å². The van der Waals surface area contributed by atoms with Crippen LogP contribution in [-0.2, 0) is 16.1 Å². The number of aromatic nitrogens is 3. The molecule has 0 saturated carbocycles. The number of nitrogens with one attached hydrogen (secondary N) is 1. The van der Waals surface area contributed by atoms with Crippen molar-refractivity contribution in [3.05, 3.63) is 28.5 Å². The van der Waals surface area contributed by atoms with Gasteiger partial charge in [0.15, 0.2) is 5.16 Å². The largest absolute Gasteiger partial charge is 0.378 e. The maximum absolute atomic E-state index is 13.9. The highest BCUT2D eigenvalue weighted by Gasteiger charge is 2.23. The molecule has 1 atom stereocenters. The van der Waals surface area contributed by atoms with Crippen LogP contribution in [0.5, 0.6) is 0 Å². The van der Waals surface area contributed by atoms with Crippen LogP contribution in [0.3, 0.4) is 0 Å². The van der Waals surface area contributed by atoms with Crippen LogP contribution in [0.4, 0.5) is 16.0 Å². The monoisotopic (exact) mass is 457 g/mol. The number of carbonyl (C=O) groups is 1. The van der Waals surface area contributed by atoms with Crippen molar-refractivity contribution in [3.8, 4) is 0 Å². The number of hydrogen-bond donors (Lipinski definition) is 1. The maximum atomic E-state index is 13.9. The zero-order valence-corrected chi connectivity index (χ0v) is 17.5. The van der Waals surface area contributed by atoms with Gasteiger partial charge in [0.1, 0.15) is 5.82 Å². The standard InChI is InChI=1S/C17H21BrFN5O2S/c1-3-24-16(23-6-8-26-9-7-23)21-22-17(24)27-11(2)15(25)20-14-5-4-12(18)10-13(14)19/h4-5,10-11H,3,6-9H2,1-2H3,(H,20,25). The van der Waals surface area contributed by atoms with Gasteiger partial charge in [-0.2, -0.15) is 0 Å². The van der Waals surface area contributed by atoms with Gasteiger partial charge in [-0.1, -0.05) is 27.7 Å². The van der Waals surface area contributed by atoms with Gasteiger partial charge in [-0.25, -0.2) is 4.39 Å². The van der Waals surface area contributed by atoms with Crippen LogP contribution in [0.15, 0.2) is 27.8 Å². The number of carbonyl (C=O) groups excluding carboxylic acids is 1. The molecule has 1 unspecified atom stereocenters. The molecule has 0 aliphatic carbocycles. The highest BCUT2D eigenvalue weighted by atomic mass is 79.9. The van der Waals surface area contributed by atoms with Crippen LogP contribution in [0, 0.1) is 5.82 Å². The average Bonchev–Trinajstić information content (AvgIpc) is 3.07. The molecule has 1 aromatic heterocycles. The van der Waals surface area contributed by atoms with Crippen molar-refractivity contribution in [2.45, 2.75) is 30.8 Å². The van der Waals surface area contributed by atoms with E-state index < -0.39 is 11.1 Å². The molecule has 10 heteroatoms. The fourth-order valence-electron chi connectivity index (χ4n) is 2.68. The van der Waals surface area contributed by atoms with Crippen molar-refractivity contribution in [3.63, 3.8) is 0 Å². The Kier molecular flexibility index (Phi) is 6.72. The number of benzene rings is 1. The molecule has 2 aromatic rings. The summed E-state index contributed by atoms with van der Waals surface area (Å²) >= 11 is 4.50. The van der Waals surface area contributed by atoms with Crippen LogP contribution in [0.1, 0.15) is 13.8 Å². The SMILES string of the molecule is CCn1c(SC(C)C(=O)Nc2ccc(Br)cc2F)nnc1N1CCOCC1. The maximum Gasteiger partial charge on any atom is 0.237 e. The number of ether oxygens (including phenoxy) is 1. The number of halogens is 2. The Balaban J connectivity index is 1.68. The van der Waals surface area contributed by atoms with Gasteiger partial charge in [-0.05, 0) is 32.0 Å². The zero-order valence-electron chi connectivity index (χ0n) is 15.1. The topological polar surface area (TPSA) is 72.3 Å². The molecule has 1 fully saturated rings. The third-order valence-corrected chi connectivity index (χ3v) is 5.72. The van der Waals surface area contributed by atoms with Gasteiger partial charge < -0.3 is 15.0 Å². The van der Waals surface area contributed by atoms with Crippen LogP contribution in [0.25, 0.3) is 0 Å². The van der Waals surface area contributed by atoms with E-state index in [1.807, 2.05) is 11.5 Å². The third-order valence-electron chi connectivity index (χ3n) is 4.15. The quantitative estimate of drug-likeness (QED) is 0.671. The second-order valence-corrected chi connectivity index (χ2v) is 8.22. The predicted molar refractivity (Wildman–Crippen MR) is 107 cm³/mol. The van der Waals surface area contributed by atoms with Gasteiger partial charge in [0.05, 0.1) is 24.2 Å². The van der Waals surface area contributed by atoms with Crippen molar-refractivity contribution in [2.75, 3.05) is 36.5 Å². The molecule has 1 saturated heterocycles.